The van der Waals surface area contributed by atoms with Crippen LogP contribution in [-0.4, -0.2) is 31.0 Å². The van der Waals surface area contributed by atoms with E-state index in [1.54, 1.807) is 19.9 Å². The van der Waals surface area contributed by atoms with Crippen molar-refractivity contribution < 1.29 is 35.2 Å². The molecule has 10 nitrogen and oxygen atoms in total. The topological polar surface area (TPSA) is 163 Å². The number of aryl methyl sites for hydroxylation is 2. The molecule has 0 heterocycles. The Labute approximate surface area is 172 Å². The Bertz CT molecular complexity index is 1400. The Balaban J connectivity index is 2.12. The van der Waals surface area contributed by atoms with Gasteiger partial charge in [0.2, 0.25) is 0 Å². The van der Waals surface area contributed by atoms with Crippen LogP contribution in [0.2, 0.25) is 0 Å². The van der Waals surface area contributed by atoms with Gasteiger partial charge in [-0.1, -0.05) is 18.2 Å². The van der Waals surface area contributed by atoms with Gasteiger partial charge in [0.25, 0.3) is 10.1 Å². The van der Waals surface area contributed by atoms with E-state index in [4.69, 9.17) is 4.55 Å². The van der Waals surface area contributed by atoms with E-state index in [0.717, 1.165) is 0 Å². The SMILES string of the molecule is Cc1cc(C)c(N=Nc2ccc3c(OS(=O)(=O)O)cccc3c2O)c(S(=O)(=O)O)c1. The smallest absolute Gasteiger partial charge is 0.446 e. The van der Waals surface area contributed by atoms with Crippen molar-refractivity contribution in [3.05, 3.63) is 53.6 Å². The lowest BCUT2D eigenvalue weighted by Gasteiger charge is -2.09. The highest BCUT2D eigenvalue weighted by Gasteiger charge is 2.19. The molecule has 3 rings (SSSR count). The van der Waals surface area contributed by atoms with Crippen LogP contribution in [0, 0.1) is 13.8 Å². The predicted molar refractivity (Wildman–Crippen MR) is 108 cm³/mol. The van der Waals surface area contributed by atoms with Gasteiger partial charge < -0.3 is 9.29 Å². The number of nitrogens with zero attached hydrogens (tertiary/aromatic N) is 2. The van der Waals surface area contributed by atoms with Gasteiger partial charge in [-0.3, -0.25) is 9.11 Å². The summed E-state index contributed by atoms with van der Waals surface area (Å²) in [7, 11) is -9.33. The summed E-state index contributed by atoms with van der Waals surface area (Å²) in [5.41, 5.74) is 0.897. The predicted octanol–water partition coefficient (Wildman–Crippen LogP) is 4.01. The second-order valence-electron chi connectivity index (χ2n) is 6.40. The van der Waals surface area contributed by atoms with Gasteiger partial charge >= 0.3 is 10.4 Å². The first-order chi connectivity index (χ1) is 13.9. The number of fused-ring (bicyclic) bond motifs is 1. The average Bonchev–Trinajstić information content (AvgIpc) is 2.60. The number of aromatic hydroxyl groups is 1. The van der Waals surface area contributed by atoms with E-state index in [9.17, 15) is 26.5 Å². The molecule has 0 spiro atoms. The van der Waals surface area contributed by atoms with Crippen LogP contribution in [0.4, 0.5) is 11.4 Å². The molecule has 0 fully saturated rings. The Kier molecular flexibility index (Phi) is 5.52. The maximum absolute atomic E-state index is 11.7. The zero-order valence-corrected chi connectivity index (χ0v) is 17.3. The largest absolute Gasteiger partial charge is 0.505 e. The first-order valence-electron chi connectivity index (χ1n) is 8.29. The molecule has 3 aromatic carbocycles. The van der Waals surface area contributed by atoms with Gasteiger partial charge in [0.05, 0.1) is 0 Å². The van der Waals surface area contributed by atoms with E-state index in [-0.39, 0.29) is 33.6 Å². The lowest BCUT2D eigenvalue weighted by Crippen LogP contribution is -2.06. The number of phenols is 1. The molecule has 0 bridgehead atoms. The third kappa shape index (κ3) is 4.57. The van der Waals surface area contributed by atoms with Crippen molar-refractivity contribution >= 4 is 42.7 Å². The number of rotatable bonds is 5. The van der Waals surface area contributed by atoms with Crippen LogP contribution in [0.3, 0.4) is 0 Å². The fraction of sp³-hybridized carbons (Fsp3) is 0.111. The molecule has 0 unspecified atom stereocenters. The maximum atomic E-state index is 11.7. The molecule has 0 aliphatic rings. The third-order valence-corrected chi connectivity index (χ3v) is 5.37. The number of hydrogen-bond acceptors (Lipinski definition) is 8. The van der Waals surface area contributed by atoms with Gasteiger partial charge in [-0.2, -0.15) is 16.8 Å². The molecular weight excluding hydrogens is 436 g/mol. The fourth-order valence-corrected chi connectivity index (χ4v) is 4.07. The molecule has 30 heavy (non-hydrogen) atoms. The molecule has 0 aliphatic carbocycles. The second kappa shape index (κ2) is 7.65. The average molecular weight is 452 g/mol. The molecular formula is C18H16N2O8S2. The van der Waals surface area contributed by atoms with Gasteiger partial charge in [0.15, 0.2) is 11.5 Å². The molecule has 3 N–H and O–H groups in total. The number of azo groups is 1. The van der Waals surface area contributed by atoms with E-state index in [2.05, 4.69) is 14.4 Å². The molecule has 3 aromatic rings. The molecule has 0 radical (unpaired) electrons. The summed E-state index contributed by atoms with van der Waals surface area (Å²) in [6.45, 7) is 3.25. The summed E-state index contributed by atoms with van der Waals surface area (Å²) in [5.74, 6) is -0.591. The first kappa shape index (κ1) is 21.6. The molecule has 0 amide bonds. The quantitative estimate of drug-likeness (QED) is 0.386. The highest BCUT2D eigenvalue weighted by atomic mass is 32.3. The first-order valence-corrected chi connectivity index (χ1v) is 11.1. The molecule has 158 valence electrons. The van der Waals surface area contributed by atoms with Crippen molar-refractivity contribution in [1.82, 2.24) is 0 Å². The Hall–Kier alpha value is -3.06. The highest BCUT2D eigenvalue weighted by molar-refractivity contribution is 7.86. The maximum Gasteiger partial charge on any atom is 0.446 e. The number of phenolic OH excluding ortho intramolecular Hbond substituents is 1. The minimum Gasteiger partial charge on any atom is -0.505 e. The van der Waals surface area contributed by atoms with Gasteiger partial charge in [-0.05, 0) is 49.2 Å². The molecule has 0 saturated carbocycles. The van der Waals surface area contributed by atoms with E-state index in [0.29, 0.717) is 11.1 Å². The van der Waals surface area contributed by atoms with Crippen molar-refractivity contribution in [2.45, 2.75) is 18.7 Å². The van der Waals surface area contributed by atoms with Crippen LogP contribution in [0.5, 0.6) is 11.5 Å². The summed E-state index contributed by atoms with van der Waals surface area (Å²) in [4.78, 5) is -0.423. The standard InChI is InChI=1S/C18H16N2O8S2/c1-10-8-11(2)17(16(9-10)29(22,23)24)20-19-14-7-6-12-13(18(14)21)4-3-5-15(12)28-30(25,26)27/h3-9,21H,1-2H3,(H,22,23,24)(H,25,26,27). The van der Waals surface area contributed by atoms with Crippen LogP contribution in [-0.2, 0) is 20.5 Å². The molecule has 0 aliphatic heterocycles. The van der Waals surface area contributed by atoms with E-state index >= 15 is 0 Å². The zero-order valence-electron chi connectivity index (χ0n) is 15.6. The van der Waals surface area contributed by atoms with Crippen LogP contribution in [0.1, 0.15) is 11.1 Å². The minimum absolute atomic E-state index is 0.0484. The van der Waals surface area contributed by atoms with Gasteiger partial charge in [0.1, 0.15) is 16.3 Å². The molecule has 12 heteroatoms. The van der Waals surface area contributed by atoms with Gasteiger partial charge in [-0.25, -0.2) is 0 Å². The summed E-state index contributed by atoms with van der Waals surface area (Å²) in [5, 5.41) is 18.6. The monoisotopic (exact) mass is 452 g/mol. The van der Waals surface area contributed by atoms with Crippen molar-refractivity contribution in [2.75, 3.05) is 0 Å². The highest BCUT2D eigenvalue weighted by Crippen LogP contribution is 2.40. The normalized spacial score (nSPS) is 12.5. The number of benzene rings is 3. The van der Waals surface area contributed by atoms with E-state index in [1.807, 2.05) is 0 Å². The van der Waals surface area contributed by atoms with Crippen molar-refractivity contribution in [3.63, 3.8) is 0 Å². The minimum atomic E-state index is -4.77. The molecule has 0 atom stereocenters. The summed E-state index contributed by atoms with van der Waals surface area (Å²) >= 11 is 0. The molecule has 0 aromatic heterocycles. The second-order valence-corrected chi connectivity index (χ2v) is 8.81. The Morgan fingerprint density at radius 1 is 0.900 bits per heavy atom. The van der Waals surface area contributed by atoms with E-state index in [1.165, 1.54) is 36.4 Å². The lowest BCUT2D eigenvalue weighted by molar-refractivity contribution is 0.388. The van der Waals surface area contributed by atoms with Gasteiger partial charge in [-0.15, -0.1) is 10.2 Å². The van der Waals surface area contributed by atoms with Gasteiger partial charge in [0, 0.05) is 10.8 Å². The number of hydrogen-bond donors (Lipinski definition) is 3. The third-order valence-electron chi connectivity index (χ3n) is 4.11. The van der Waals surface area contributed by atoms with Crippen molar-refractivity contribution in [2.24, 2.45) is 10.2 Å². The fourth-order valence-electron chi connectivity index (χ4n) is 2.92. The molecule has 0 saturated heterocycles. The van der Waals surface area contributed by atoms with E-state index < -0.39 is 25.4 Å². The van der Waals surface area contributed by atoms with Crippen molar-refractivity contribution in [1.29, 1.82) is 0 Å². The van der Waals surface area contributed by atoms with Crippen molar-refractivity contribution in [3.8, 4) is 11.5 Å². The summed E-state index contributed by atoms with van der Waals surface area (Å²) in [6.07, 6.45) is 0. The summed E-state index contributed by atoms with van der Waals surface area (Å²) < 4.78 is 68.2. The lowest BCUT2D eigenvalue weighted by atomic mass is 10.1. The Morgan fingerprint density at radius 2 is 1.60 bits per heavy atom. The zero-order chi connectivity index (χ0) is 22.3. The Morgan fingerprint density at radius 3 is 2.23 bits per heavy atom. The summed E-state index contributed by atoms with van der Waals surface area (Å²) in [6, 6.07) is 9.72. The van der Waals surface area contributed by atoms with Crippen LogP contribution in [0.25, 0.3) is 10.8 Å². The van der Waals surface area contributed by atoms with Crippen LogP contribution < -0.4 is 4.18 Å². The van der Waals surface area contributed by atoms with Crippen LogP contribution >= 0.6 is 0 Å². The van der Waals surface area contributed by atoms with Crippen LogP contribution in [0.15, 0.2) is 57.6 Å².